The second kappa shape index (κ2) is 8.06. The molecule has 2 aliphatic heterocycles. The minimum atomic E-state index is -0.538. The van der Waals surface area contributed by atoms with Crippen molar-refractivity contribution in [3.8, 4) is 5.75 Å². The molecule has 2 aliphatic rings. The van der Waals surface area contributed by atoms with Crippen LogP contribution in [0.15, 0.2) is 78.9 Å². The maximum absolute atomic E-state index is 13.8. The fourth-order valence-electron chi connectivity index (χ4n) is 5.39. The molecule has 34 heavy (non-hydrogen) atoms. The number of para-hydroxylation sites is 1. The fourth-order valence-corrected chi connectivity index (χ4v) is 5.39. The van der Waals surface area contributed by atoms with E-state index < -0.39 is 6.04 Å². The Morgan fingerprint density at radius 2 is 1.68 bits per heavy atom. The van der Waals surface area contributed by atoms with Gasteiger partial charge in [-0.05, 0) is 34.9 Å². The van der Waals surface area contributed by atoms with Crippen molar-refractivity contribution in [1.29, 1.82) is 0 Å². The van der Waals surface area contributed by atoms with Gasteiger partial charge in [0.05, 0.1) is 13.2 Å². The summed E-state index contributed by atoms with van der Waals surface area (Å²) in [6.07, 6.45) is 0.502. The summed E-state index contributed by atoms with van der Waals surface area (Å²) >= 11 is 0. The Hall–Kier alpha value is -4.06. The summed E-state index contributed by atoms with van der Waals surface area (Å²) in [6, 6.07) is 24.9. The van der Waals surface area contributed by atoms with E-state index in [0.29, 0.717) is 13.0 Å². The number of nitrogens with one attached hydrogen (secondary N) is 1. The van der Waals surface area contributed by atoms with Crippen molar-refractivity contribution < 1.29 is 14.3 Å². The number of fused-ring (bicyclic) bond motifs is 4. The number of carbonyl (C=O) groups is 2. The molecule has 6 heteroatoms. The number of amides is 2. The van der Waals surface area contributed by atoms with Crippen LogP contribution in [0.4, 0.5) is 0 Å². The van der Waals surface area contributed by atoms with Crippen molar-refractivity contribution >= 4 is 22.7 Å². The molecule has 1 fully saturated rings. The molecule has 2 atom stereocenters. The van der Waals surface area contributed by atoms with Crippen LogP contribution in [-0.2, 0) is 22.6 Å². The van der Waals surface area contributed by atoms with Gasteiger partial charge in [0.1, 0.15) is 18.3 Å². The molecule has 6 nitrogen and oxygen atoms in total. The van der Waals surface area contributed by atoms with E-state index in [1.54, 1.807) is 16.9 Å². The van der Waals surface area contributed by atoms with Gasteiger partial charge in [0.15, 0.2) is 0 Å². The third-order valence-corrected chi connectivity index (χ3v) is 6.99. The van der Waals surface area contributed by atoms with E-state index in [1.165, 1.54) is 0 Å². The molecule has 0 saturated carbocycles. The summed E-state index contributed by atoms with van der Waals surface area (Å²) in [7, 11) is 1.63. The highest BCUT2D eigenvalue weighted by molar-refractivity contribution is 5.97. The lowest BCUT2D eigenvalue weighted by atomic mass is 9.86. The maximum atomic E-state index is 13.8. The van der Waals surface area contributed by atoms with E-state index in [9.17, 15) is 9.59 Å². The summed E-state index contributed by atoms with van der Waals surface area (Å²) < 4.78 is 5.34. The number of benzene rings is 3. The van der Waals surface area contributed by atoms with E-state index in [-0.39, 0.29) is 24.4 Å². The largest absolute Gasteiger partial charge is 0.497 e. The van der Waals surface area contributed by atoms with E-state index in [2.05, 4.69) is 11.1 Å². The predicted molar refractivity (Wildman–Crippen MR) is 129 cm³/mol. The second-order valence-electron chi connectivity index (χ2n) is 8.94. The molecule has 1 saturated heterocycles. The molecule has 1 N–H and O–H groups in total. The summed E-state index contributed by atoms with van der Waals surface area (Å²) in [6.45, 7) is 0.510. The van der Waals surface area contributed by atoms with Crippen molar-refractivity contribution in [2.75, 3.05) is 13.7 Å². The predicted octanol–water partition coefficient (Wildman–Crippen LogP) is 4.06. The van der Waals surface area contributed by atoms with Gasteiger partial charge in [-0.1, -0.05) is 60.7 Å². The van der Waals surface area contributed by atoms with Crippen LogP contribution >= 0.6 is 0 Å². The Labute approximate surface area is 197 Å². The van der Waals surface area contributed by atoms with Gasteiger partial charge in [-0.3, -0.25) is 9.59 Å². The molecule has 0 radical (unpaired) electrons. The number of aromatic amines is 1. The van der Waals surface area contributed by atoms with Crippen molar-refractivity contribution in [2.24, 2.45) is 0 Å². The van der Waals surface area contributed by atoms with Gasteiger partial charge >= 0.3 is 0 Å². The minimum absolute atomic E-state index is 0.00195. The molecule has 3 aromatic carbocycles. The number of ether oxygens (including phenoxy) is 1. The minimum Gasteiger partial charge on any atom is -0.497 e. The number of nitrogens with zero attached hydrogens (tertiary/aromatic N) is 2. The van der Waals surface area contributed by atoms with Gasteiger partial charge in [-0.25, -0.2) is 0 Å². The highest BCUT2D eigenvalue weighted by Gasteiger charge is 2.48. The van der Waals surface area contributed by atoms with Gasteiger partial charge in [0, 0.05) is 29.6 Å². The fraction of sp³-hybridized carbons (Fsp3) is 0.214. The lowest BCUT2D eigenvalue weighted by Crippen LogP contribution is -2.62. The van der Waals surface area contributed by atoms with Crippen LogP contribution in [0.2, 0.25) is 0 Å². The smallest absolute Gasteiger partial charge is 0.246 e. The Morgan fingerprint density at radius 3 is 2.44 bits per heavy atom. The van der Waals surface area contributed by atoms with Gasteiger partial charge in [-0.15, -0.1) is 0 Å². The number of hydrogen-bond acceptors (Lipinski definition) is 3. The van der Waals surface area contributed by atoms with Gasteiger partial charge < -0.3 is 19.5 Å². The zero-order valence-corrected chi connectivity index (χ0v) is 18.9. The van der Waals surface area contributed by atoms with Crippen LogP contribution in [-0.4, -0.2) is 46.3 Å². The summed E-state index contributed by atoms with van der Waals surface area (Å²) in [5.74, 6) is 0.714. The van der Waals surface area contributed by atoms with Gasteiger partial charge in [0.2, 0.25) is 11.8 Å². The van der Waals surface area contributed by atoms with Gasteiger partial charge in [0.25, 0.3) is 0 Å². The Kier molecular flexibility index (Phi) is 4.87. The molecule has 4 aromatic rings. The van der Waals surface area contributed by atoms with Crippen LogP contribution in [0.1, 0.15) is 28.4 Å². The molecule has 6 rings (SSSR count). The van der Waals surface area contributed by atoms with E-state index in [1.807, 2.05) is 72.8 Å². The Balaban J connectivity index is 1.45. The average molecular weight is 452 g/mol. The SMILES string of the molecule is COc1ccc([C@H]2c3[nH]c4ccccc4c3C[C@H]3C(=O)N(Cc4ccccc4)CC(=O)N23)cc1. The van der Waals surface area contributed by atoms with Gasteiger partial charge in [-0.2, -0.15) is 0 Å². The highest BCUT2D eigenvalue weighted by atomic mass is 16.5. The Bertz CT molecular complexity index is 1380. The van der Waals surface area contributed by atoms with Crippen molar-refractivity contribution in [2.45, 2.75) is 25.0 Å². The third-order valence-electron chi connectivity index (χ3n) is 6.99. The Morgan fingerprint density at radius 1 is 0.941 bits per heavy atom. The van der Waals surface area contributed by atoms with Crippen molar-refractivity contribution in [1.82, 2.24) is 14.8 Å². The second-order valence-corrected chi connectivity index (χ2v) is 8.94. The molecule has 0 unspecified atom stereocenters. The molecule has 0 bridgehead atoms. The first kappa shape index (κ1) is 20.5. The number of aromatic nitrogens is 1. The summed E-state index contributed by atoms with van der Waals surface area (Å²) in [5, 5.41) is 1.11. The number of rotatable bonds is 4. The van der Waals surface area contributed by atoms with Crippen LogP contribution in [0.3, 0.4) is 0 Å². The number of carbonyl (C=O) groups excluding carboxylic acids is 2. The lowest BCUT2D eigenvalue weighted by Gasteiger charge is -2.47. The molecule has 170 valence electrons. The number of H-pyrrole nitrogens is 1. The molecule has 1 aromatic heterocycles. The van der Waals surface area contributed by atoms with Crippen LogP contribution in [0.5, 0.6) is 5.75 Å². The van der Waals surface area contributed by atoms with Crippen molar-refractivity contribution in [3.63, 3.8) is 0 Å². The molecule has 0 spiro atoms. The van der Waals surface area contributed by atoms with Crippen molar-refractivity contribution in [3.05, 3.63) is 101 Å². The van der Waals surface area contributed by atoms with Crippen LogP contribution in [0, 0.1) is 0 Å². The number of piperazine rings is 1. The third kappa shape index (κ3) is 3.25. The topological polar surface area (TPSA) is 65.6 Å². The first-order valence-corrected chi connectivity index (χ1v) is 11.5. The summed E-state index contributed by atoms with van der Waals surface area (Å²) in [5.41, 5.74) is 5.09. The zero-order chi connectivity index (χ0) is 23.2. The monoisotopic (exact) mass is 451 g/mol. The molecular weight excluding hydrogens is 426 g/mol. The average Bonchev–Trinajstić information content (AvgIpc) is 3.25. The van der Waals surface area contributed by atoms with E-state index >= 15 is 0 Å². The highest BCUT2D eigenvalue weighted by Crippen LogP contribution is 2.42. The lowest BCUT2D eigenvalue weighted by molar-refractivity contribution is -0.159. The first-order chi connectivity index (χ1) is 16.6. The van der Waals surface area contributed by atoms with E-state index in [4.69, 9.17) is 4.74 Å². The standard InChI is InChI=1S/C28H25N3O3/c1-34-20-13-11-19(12-14-20)27-26-22(21-9-5-6-10-23(21)29-26)15-24-28(33)30(17-25(32)31(24)27)16-18-7-3-2-4-8-18/h2-14,24,27,29H,15-17H2,1H3/t24-,27-/m0/s1. The maximum Gasteiger partial charge on any atom is 0.246 e. The molecular formula is C28H25N3O3. The normalized spacial score (nSPS) is 19.8. The number of methoxy groups -OCH3 is 1. The van der Waals surface area contributed by atoms with Crippen LogP contribution in [0.25, 0.3) is 10.9 Å². The number of hydrogen-bond donors (Lipinski definition) is 1. The summed E-state index contributed by atoms with van der Waals surface area (Å²) in [4.78, 5) is 34.4. The van der Waals surface area contributed by atoms with Crippen LogP contribution < -0.4 is 4.74 Å². The molecule has 2 amide bonds. The quantitative estimate of drug-likeness (QED) is 0.509. The van der Waals surface area contributed by atoms with E-state index in [0.717, 1.165) is 39.0 Å². The molecule has 0 aliphatic carbocycles. The zero-order valence-electron chi connectivity index (χ0n) is 18.9. The first-order valence-electron chi connectivity index (χ1n) is 11.5. The molecule has 3 heterocycles.